The molecule has 1 fully saturated rings. The molecule has 0 aromatic heterocycles. The largest absolute Gasteiger partial charge is 0.357 e. The quantitative estimate of drug-likeness (QED) is 0.211. The number of hydrogen-bond donors (Lipinski definition) is 3. The van der Waals surface area contributed by atoms with Gasteiger partial charge in [-0.15, -0.1) is 24.0 Å². The van der Waals surface area contributed by atoms with Crippen molar-refractivity contribution in [2.24, 2.45) is 4.99 Å². The molecule has 1 heterocycles. The zero-order chi connectivity index (χ0) is 17.3. The van der Waals surface area contributed by atoms with Gasteiger partial charge in [0, 0.05) is 25.2 Å². The topological polar surface area (TPSA) is 85.8 Å². The summed E-state index contributed by atoms with van der Waals surface area (Å²) >= 11 is 0. The van der Waals surface area contributed by atoms with Crippen LogP contribution in [0.4, 0.5) is 0 Å². The number of rotatable bonds is 8. The molecule has 0 aromatic rings. The van der Waals surface area contributed by atoms with Crippen molar-refractivity contribution in [1.82, 2.24) is 20.3 Å². The Morgan fingerprint density at radius 2 is 1.75 bits per heavy atom. The Morgan fingerprint density at radius 3 is 2.29 bits per heavy atom. The third-order valence-corrected chi connectivity index (χ3v) is 4.69. The highest BCUT2D eigenvalue weighted by atomic mass is 127. The minimum atomic E-state index is -3.14. The molecule has 1 aliphatic heterocycles. The number of guanidine groups is 1. The van der Waals surface area contributed by atoms with E-state index in [4.69, 9.17) is 0 Å². The standard InChI is InChI=1S/C15H33N5O2S.HI/c1-5-16-14(17-9-10-19-23(4,21)22)18-13-15(2,3)20-11-7-6-8-12-20;/h19H,5-13H2,1-4H3,(H2,16,17,18);1H. The molecule has 0 atom stereocenters. The molecule has 7 nitrogen and oxygen atoms in total. The van der Waals surface area contributed by atoms with E-state index in [9.17, 15) is 8.42 Å². The highest BCUT2D eigenvalue weighted by molar-refractivity contribution is 14.0. The number of halogens is 1. The van der Waals surface area contributed by atoms with Crippen LogP contribution >= 0.6 is 24.0 Å². The van der Waals surface area contributed by atoms with Crippen molar-refractivity contribution in [1.29, 1.82) is 0 Å². The molecule has 0 saturated carbocycles. The molecule has 0 aliphatic carbocycles. The summed E-state index contributed by atoms with van der Waals surface area (Å²) in [5.41, 5.74) is 0.0355. The lowest BCUT2D eigenvalue weighted by Gasteiger charge is -2.40. The maximum Gasteiger partial charge on any atom is 0.208 e. The van der Waals surface area contributed by atoms with Crippen molar-refractivity contribution in [2.75, 3.05) is 45.5 Å². The van der Waals surface area contributed by atoms with Crippen LogP contribution in [-0.2, 0) is 10.0 Å². The van der Waals surface area contributed by atoms with E-state index in [2.05, 4.69) is 39.1 Å². The third kappa shape index (κ3) is 10.00. The van der Waals surface area contributed by atoms with Crippen LogP contribution in [-0.4, -0.2) is 70.3 Å². The van der Waals surface area contributed by atoms with Crippen LogP contribution in [0.25, 0.3) is 0 Å². The Bertz CT molecular complexity index is 476. The average Bonchev–Trinajstić information content (AvgIpc) is 2.49. The fraction of sp³-hybridized carbons (Fsp3) is 0.933. The van der Waals surface area contributed by atoms with Gasteiger partial charge in [-0.25, -0.2) is 13.1 Å². The van der Waals surface area contributed by atoms with Crippen LogP contribution in [0.15, 0.2) is 4.99 Å². The molecule has 0 radical (unpaired) electrons. The maximum atomic E-state index is 11.0. The molecule has 0 aromatic carbocycles. The van der Waals surface area contributed by atoms with Gasteiger partial charge in [0.25, 0.3) is 0 Å². The minimum Gasteiger partial charge on any atom is -0.357 e. The first kappa shape index (κ1) is 23.9. The summed E-state index contributed by atoms with van der Waals surface area (Å²) in [6, 6.07) is 0. The lowest BCUT2D eigenvalue weighted by Crippen LogP contribution is -2.50. The van der Waals surface area contributed by atoms with E-state index in [0.29, 0.717) is 19.6 Å². The summed E-state index contributed by atoms with van der Waals surface area (Å²) in [6.07, 6.45) is 5.02. The average molecular weight is 475 g/mol. The molecule has 0 unspecified atom stereocenters. The van der Waals surface area contributed by atoms with Crippen molar-refractivity contribution in [3.8, 4) is 0 Å². The zero-order valence-corrected chi connectivity index (χ0v) is 18.5. The summed E-state index contributed by atoms with van der Waals surface area (Å²) in [6.45, 7) is 11.1. The van der Waals surface area contributed by atoms with E-state index in [0.717, 1.165) is 31.8 Å². The summed E-state index contributed by atoms with van der Waals surface area (Å²) in [5.74, 6) is 0.730. The third-order valence-electron chi connectivity index (χ3n) is 3.96. The number of nitrogens with one attached hydrogen (secondary N) is 3. The van der Waals surface area contributed by atoms with Crippen molar-refractivity contribution in [3.05, 3.63) is 0 Å². The van der Waals surface area contributed by atoms with Crippen LogP contribution < -0.4 is 15.4 Å². The number of piperidine rings is 1. The van der Waals surface area contributed by atoms with Crippen LogP contribution in [0.5, 0.6) is 0 Å². The van der Waals surface area contributed by atoms with Gasteiger partial charge in [0.1, 0.15) is 0 Å². The van der Waals surface area contributed by atoms with Gasteiger partial charge in [-0.3, -0.25) is 9.89 Å². The van der Waals surface area contributed by atoms with Crippen LogP contribution in [0.3, 0.4) is 0 Å². The Kier molecular flexibility index (Phi) is 11.4. The van der Waals surface area contributed by atoms with E-state index < -0.39 is 10.0 Å². The Hall–Kier alpha value is -0.130. The normalized spacial score (nSPS) is 17.2. The van der Waals surface area contributed by atoms with Crippen molar-refractivity contribution in [3.63, 3.8) is 0 Å². The van der Waals surface area contributed by atoms with Crippen molar-refractivity contribution < 1.29 is 8.42 Å². The second-order valence-corrected chi connectivity index (χ2v) is 8.48. The van der Waals surface area contributed by atoms with E-state index in [1.54, 1.807) is 0 Å². The molecular weight excluding hydrogens is 441 g/mol. The highest BCUT2D eigenvalue weighted by Gasteiger charge is 2.27. The summed E-state index contributed by atoms with van der Waals surface area (Å²) in [7, 11) is -3.14. The van der Waals surface area contributed by atoms with E-state index in [1.165, 1.54) is 19.3 Å². The lowest BCUT2D eigenvalue weighted by molar-refractivity contribution is 0.102. The van der Waals surface area contributed by atoms with Crippen LogP contribution in [0.1, 0.15) is 40.0 Å². The molecular formula is C15H34IN5O2S. The molecule has 3 N–H and O–H groups in total. The van der Waals surface area contributed by atoms with Gasteiger partial charge in [0.05, 0.1) is 12.8 Å². The summed E-state index contributed by atoms with van der Waals surface area (Å²) in [4.78, 5) is 7.18. The Morgan fingerprint density at radius 1 is 1.12 bits per heavy atom. The smallest absolute Gasteiger partial charge is 0.208 e. The number of likely N-dealkylation sites (tertiary alicyclic amines) is 1. The predicted octanol–water partition coefficient (Wildman–Crippen LogP) is 0.973. The highest BCUT2D eigenvalue weighted by Crippen LogP contribution is 2.20. The summed E-state index contributed by atoms with van der Waals surface area (Å²) < 4.78 is 24.5. The molecule has 0 spiro atoms. The molecule has 1 aliphatic rings. The first-order valence-electron chi connectivity index (χ1n) is 8.46. The molecule has 144 valence electrons. The fourth-order valence-electron chi connectivity index (χ4n) is 2.63. The van der Waals surface area contributed by atoms with Crippen LogP contribution in [0, 0.1) is 0 Å². The van der Waals surface area contributed by atoms with Gasteiger partial charge < -0.3 is 10.6 Å². The van der Waals surface area contributed by atoms with Crippen LogP contribution in [0.2, 0.25) is 0 Å². The van der Waals surface area contributed by atoms with E-state index in [1.807, 2.05) is 6.92 Å². The van der Waals surface area contributed by atoms with Crippen molar-refractivity contribution in [2.45, 2.75) is 45.6 Å². The first-order valence-corrected chi connectivity index (χ1v) is 10.4. The Labute approximate surface area is 164 Å². The molecule has 1 rings (SSSR count). The molecule has 0 amide bonds. The van der Waals surface area contributed by atoms with Gasteiger partial charge in [-0.1, -0.05) is 6.42 Å². The SMILES string of the molecule is CCNC(=NCC(C)(C)N1CCCCC1)NCCNS(C)(=O)=O.I. The monoisotopic (exact) mass is 475 g/mol. The minimum absolute atomic E-state index is 0. The molecule has 1 saturated heterocycles. The number of nitrogens with zero attached hydrogens (tertiary/aromatic N) is 2. The summed E-state index contributed by atoms with van der Waals surface area (Å²) in [5, 5.41) is 6.36. The molecule has 0 bridgehead atoms. The number of aliphatic imine (C=N–C) groups is 1. The van der Waals surface area contributed by atoms with E-state index in [-0.39, 0.29) is 29.5 Å². The second-order valence-electron chi connectivity index (χ2n) is 6.65. The van der Waals surface area contributed by atoms with Gasteiger partial charge >= 0.3 is 0 Å². The molecule has 24 heavy (non-hydrogen) atoms. The lowest BCUT2D eigenvalue weighted by atomic mass is 9.99. The van der Waals surface area contributed by atoms with E-state index >= 15 is 0 Å². The van der Waals surface area contributed by atoms with Gasteiger partial charge in [0.2, 0.25) is 10.0 Å². The molecule has 9 heteroatoms. The van der Waals surface area contributed by atoms with Gasteiger partial charge in [-0.05, 0) is 46.7 Å². The first-order chi connectivity index (χ1) is 10.7. The Balaban J connectivity index is 0.00000529. The predicted molar refractivity (Wildman–Crippen MR) is 112 cm³/mol. The number of sulfonamides is 1. The second kappa shape index (κ2) is 11.5. The van der Waals surface area contributed by atoms with Gasteiger partial charge in [0.15, 0.2) is 5.96 Å². The van der Waals surface area contributed by atoms with Gasteiger partial charge in [-0.2, -0.15) is 0 Å². The van der Waals surface area contributed by atoms with Crippen molar-refractivity contribution >= 4 is 40.0 Å². The maximum absolute atomic E-state index is 11.0. The fourth-order valence-corrected chi connectivity index (χ4v) is 3.10. The number of hydrogen-bond acceptors (Lipinski definition) is 4. The zero-order valence-electron chi connectivity index (χ0n) is 15.4.